The molecule has 1 aromatic heterocycles. The fraction of sp³-hybridized carbons (Fsp3) is 0.692. The average Bonchev–Trinajstić information content (AvgIpc) is 2.21. The van der Waals surface area contributed by atoms with Crippen LogP contribution in [0.25, 0.3) is 0 Å². The van der Waals surface area contributed by atoms with Gasteiger partial charge in [-0.2, -0.15) is 0 Å². The molecule has 1 aliphatic rings. The summed E-state index contributed by atoms with van der Waals surface area (Å²) in [6.07, 6.45) is 6.99. The molecule has 1 unspecified atom stereocenters. The summed E-state index contributed by atoms with van der Waals surface area (Å²) in [5, 5.41) is 3.49. The molecule has 0 amide bonds. The van der Waals surface area contributed by atoms with E-state index in [9.17, 15) is 0 Å². The molecule has 0 bridgehead atoms. The van der Waals surface area contributed by atoms with Crippen LogP contribution in [0.15, 0.2) is 12.3 Å². The van der Waals surface area contributed by atoms with Crippen LogP contribution in [0.5, 0.6) is 0 Å². The van der Waals surface area contributed by atoms with Crippen molar-refractivity contribution in [1.29, 1.82) is 0 Å². The first-order chi connectivity index (χ1) is 7.58. The topological polar surface area (TPSA) is 37.8 Å². The molecule has 0 saturated heterocycles. The highest BCUT2D eigenvalue weighted by Gasteiger charge is 2.32. The summed E-state index contributed by atoms with van der Waals surface area (Å²) in [7, 11) is 0. The van der Waals surface area contributed by atoms with Gasteiger partial charge in [0.1, 0.15) is 0 Å². The lowest BCUT2D eigenvalue weighted by molar-refractivity contribution is 0.216. The van der Waals surface area contributed by atoms with Gasteiger partial charge in [0, 0.05) is 17.9 Å². The number of nitrogens with one attached hydrogen (secondary N) is 1. The molecule has 1 atom stereocenters. The lowest BCUT2D eigenvalue weighted by atomic mass is 9.73. The van der Waals surface area contributed by atoms with E-state index in [0.29, 0.717) is 11.5 Å². The van der Waals surface area contributed by atoms with Crippen LogP contribution in [0.4, 0.5) is 5.95 Å². The van der Waals surface area contributed by atoms with E-state index in [4.69, 9.17) is 0 Å². The minimum absolute atomic E-state index is 0.353. The van der Waals surface area contributed by atoms with Gasteiger partial charge < -0.3 is 5.32 Å². The first-order valence-corrected chi connectivity index (χ1v) is 6.14. The predicted octanol–water partition coefficient (Wildman–Crippen LogP) is 3.17. The summed E-state index contributed by atoms with van der Waals surface area (Å²) in [5.41, 5.74) is 1.37. The largest absolute Gasteiger partial charge is 0.351 e. The summed E-state index contributed by atoms with van der Waals surface area (Å²) < 4.78 is 0. The van der Waals surface area contributed by atoms with Gasteiger partial charge in [-0.25, -0.2) is 9.97 Å². The Morgan fingerprint density at radius 1 is 1.38 bits per heavy atom. The molecule has 3 nitrogen and oxygen atoms in total. The number of hydrogen-bond acceptors (Lipinski definition) is 3. The van der Waals surface area contributed by atoms with Crippen molar-refractivity contribution in [3.63, 3.8) is 0 Å². The zero-order valence-electron chi connectivity index (χ0n) is 10.5. The number of anilines is 1. The Morgan fingerprint density at radius 3 is 2.88 bits per heavy atom. The number of aryl methyl sites for hydroxylation is 1. The first kappa shape index (κ1) is 11.4. The molecule has 3 heteroatoms. The normalized spacial score (nSPS) is 24.1. The molecule has 0 spiro atoms. The van der Waals surface area contributed by atoms with Crippen molar-refractivity contribution in [2.75, 3.05) is 5.32 Å². The van der Waals surface area contributed by atoms with Gasteiger partial charge in [-0.15, -0.1) is 0 Å². The van der Waals surface area contributed by atoms with E-state index < -0.39 is 0 Å². The van der Waals surface area contributed by atoms with Crippen LogP contribution >= 0.6 is 0 Å². The fourth-order valence-electron chi connectivity index (χ4n) is 2.44. The van der Waals surface area contributed by atoms with Gasteiger partial charge >= 0.3 is 0 Å². The standard InChI is InChI=1S/C13H21N3/c1-10-7-9-14-12(15-10)16-11-6-4-5-8-13(11,2)3/h7,9,11H,4-6,8H2,1-3H3,(H,14,15,16). The summed E-state index contributed by atoms with van der Waals surface area (Å²) in [4.78, 5) is 8.69. The van der Waals surface area contributed by atoms with E-state index in [1.807, 2.05) is 19.2 Å². The highest BCUT2D eigenvalue weighted by Crippen LogP contribution is 2.36. The van der Waals surface area contributed by atoms with E-state index in [1.54, 1.807) is 0 Å². The number of nitrogens with zero attached hydrogens (tertiary/aromatic N) is 2. The van der Waals surface area contributed by atoms with Crippen molar-refractivity contribution in [2.45, 2.75) is 52.5 Å². The third kappa shape index (κ3) is 2.52. The monoisotopic (exact) mass is 219 g/mol. The van der Waals surface area contributed by atoms with Gasteiger partial charge in [0.25, 0.3) is 0 Å². The Balaban J connectivity index is 2.08. The van der Waals surface area contributed by atoms with E-state index in [1.165, 1.54) is 25.7 Å². The van der Waals surface area contributed by atoms with E-state index >= 15 is 0 Å². The van der Waals surface area contributed by atoms with Crippen molar-refractivity contribution >= 4 is 5.95 Å². The van der Waals surface area contributed by atoms with E-state index in [2.05, 4.69) is 29.1 Å². The number of hydrogen-bond donors (Lipinski definition) is 1. The molecule has 0 radical (unpaired) electrons. The highest BCUT2D eigenvalue weighted by molar-refractivity contribution is 5.27. The average molecular weight is 219 g/mol. The lowest BCUT2D eigenvalue weighted by Gasteiger charge is -2.39. The van der Waals surface area contributed by atoms with Crippen molar-refractivity contribution in [3.05, 3.63) is 18.0 Å². The maximum Gasteiger partial charge on any atom is 0.223 e. The van der Waals surface area contributed by atoms with E-state index in [-0.39, 0.29) is 0 Å². The Kier molecular flexibility index (Phi) is 3.13. The summed E-state index contributed by atoms with van der Waals surface area (Å²) >= 11 is 0. The predicted molar refractivity (Wildman–Crippen MR) is 66.4 cm³/mol. The SMILES string of the molecule is Cc1ccnc(NC2CCCCC2(C)C)n1. The Morgan fingerprint density at radius 2 is 2.19 bits per heavy atom. The lowest BCUT2D eigenvalue weighted by Crippen LogP contribution is -2.39. The molecule has 1 aliphatic carbocycles. The minimum Gasteiger partial charge on any atom is -0.351 e. The quantitative estimate of drug-likeness (QED) is 0.830. The smallest absolute Gasteiger partial charge is 0.223 e. The fourth-order valence-corrected chi connectivity index (χ4v) is 2.44. The van der Waals surface area contributed by atoms with Crippen LogP contribution in [-0.4, -0.2) is 16.0 Å². The van der Waals surface area contributed by atoms with Gasteiger partial charge in [-0.1, -0.05) is 26.7 Å². The Labute approximate surface area is 97.7 Å². The van der Waals surface area contributed by atoms with Crippen molar-refractivity contribution in [3.8, 4) is 0 Å². The van der Waals surface area contributed by atoms with Crippen LogP contribution in [-0.2, 0) is 0 Å². The van der Waals surface area contributed by atoms with E-state index in [0.717, 1.165) is 11.6 Å². The molecule has 1 N–H and O–H groups in total. The Hall–Kier alpha value is -1.12. The molecule has 0 aliphatic heterocycles. The molecular formula is C13H21N3. The maximum absolute atomic E-state index is 4.41. The zero-order valence-corrected chi connectivity index (χ0v) is 10.5. The first-order valence-electron chi connectivity index (χ1n) is 6.14. The number of aromatic nitrogens is 2. The minimum atomic E-state index is 0.353. The van der Waals surface area contributed by atoms with Crippen molar-refractivity contribution < 1.29 is 0 Å². The summed E-state index contributed by atoms with van der Waals surface area (Å²) in [6.45, 7) is 6.66. The molecule has 88 valence electrons. The van der Waals surface area contributed by atoms with Crippen LogP contribution in [0.1, 0.15) is 45.2 Å². The van der Waals surface area contributed by atoms with Gasteiger partial charge in [-0.05, 0) is 31.2 Å². The van der Waals surface area contributed by atoms with Crippen molar-refractivity contribution in [2.24, 2.45) is 5.41 Å². The molecular weight excluding hydrogens is 198 g/mol. The zero-order chi connectivity index (χ0) is 11.6. The van der Waals surface area contributed by atoms with Crippen LogP contribution in [0.2, 0.25) is 0 Å². The van der Waals surface area contributed by atoms with Gasteiger partial charge in [0.15, 0.2) is 0 Å². The second kappa shape index (κ2) is 4.40. The Bertz CT molecular complexity index is 360. The molecule has 1 aromatic rings. The molecule has 2 rings (SSSR count). The second-order valence-corrected chi connectivity index (χ2v) is 5.45. The summed E-state index contributed by atoms with van der Waals surface area (Å²) in [6, 6.07) is 2.43. The third-order valence-electron chi connectivity index (χ3n) is 3.61. The van der Waals surface area contributed by atoms with Gasteiger partial charge in [0.2, 0.25) is 5.95 Å². The second-order valence-electron chi connectivity index (χ2n) is 5.45. The van der Waals surface area contributed by atoms with Crippen molar-refractivity contribution in [1.82, 2.24) is 9.97 Å². The summed E-state index contributed by atoms with van der Waals surface area (Å²) in [5.74, 6) is 0.778. The van der Waals surface area contributed by atoms with Gasteiger partial charge in [-0.3, -0.25) is 0 Å². The molecule has 1 fully saturated rings. The van der Waals surface area contributed by atoms with Crippen LogP contribution in [0.3, 0.4) is 0 Å². The molecule has 1 saturated carbocycles. The van der Waals surface area contributed by atoms with Gasteiger partial charge in [0.05, 0.1) is 0 Å². The van der Waals surface area contributed by atoms with Crippen LogP contribution in [0, 0.1) is 12.3 Å². The third-order valence-corrected chi connectivity index (χ3v) is 3.61. The maximum atomic E-state index is 4.41. The highest BCUT2D eigenvalue weighted by atomic mass is 15.1. The van der Waals surface area contributed by atoms with Crippen LogP contribution < -0.4 is 5.32 Å². The molecule has 0 aromatic carbocycles. The molecule has 16 heavy (non-hydrogen) atoms. The number of rotatable bonds is 2. The molecule has 1 heterocycles.